The summed E-state index contributed by atoms with van der Waals surface area (Å²) in [6, 6.07) is 1.72. The number of anilines is 1. The van der Waals surface area contributed by atoms with Crippen molar-refractivity contribution in [3.63, 3.8) is 0 Å². The summed E-state index contributed by atoms with van der Waals surface area (Å²) in [5.74, 6) is 0.452. The number of nitrogens with one attached hydrogen (secondary N) is 1. The Bertz CT molecular complexity index is 486. The summed E-state index contributed by atoms with van der Waals surface area (Å²) in [6.07, 6.45) is 0. The number of amides is 1. The van der Waals surface area contributed by atoms with Crippen LogP contribution in [-0.2, 0) is 4.74 Å². The molecule has 21 heavy (non-hydrogen) atoms. The number of hydrogen-bond donors (Lipinski definition) is 1. The molecule has 116 valence electrons. The number of carbonyl (C=O) groups excluding carboxylic acids is 1. The highest BCUT2D eigenvalue weighted by Gasteiger charge is 2.17. The van der Waals surface area contributed by atoms with Crippen LogP contribution in [0.1, 0.15) is 16.2 Å². The van der Waals surface area contributed by atoms with E-state index in [1.807, 2.05) is 30.8 Å². The average molecular weight is 293 g/mol. The van der Waals surface area contributed by atoms with Gasteiger partial charge in [-0.2, -0.15) is 0 Å². The highest BCUT2D eigenvalue weighted by molar-refractivity contribution is 5.92. The first kappa shape index (κ1) is 15.7. The quantitative estimate of drug-likeness (QED) is 0.818. The maximum atomic E-state index is 12.2. The van der Waals surface area contributed by atoms with Gasteiger partial charge in [-0.15, -0.1) is 0 Å². The average Bonchev–Trinajstić information content (AvgIpc) is 2.47. The van der Waals surface area contributed by atoms with Crippen molar-refractivity contribution in [2.75, 3.05) is 58.4 Å². The van der Waals surface area contributed by atoms with E-state index in [2.05, 4.69) is 15.3 Å². The standard InChI is InChI=1S/C14H23N5O2/c1-11-10-12(13(20)15-4-5-18(2)3)17-14(16-11)19-6-8-21-9-7-19/h10H,4-9H2,1-3H3,(H,15,20). The third kappa shape index (κ3) is 4.64. The molecule has 0 aliphatic carbocycles. The van der Waals surface area contributed by atoms with Crippen molar-refractivity contribution in [1.82, 2.24) is 20.2 Å². The van der Waals surface area contributed by atoms with Gasteiger partial charge in [0.25, 0.3) is 5.91 Å². The van der Waals surface area contributed by atoms with Crippen molar-refractivity contribution in [2.45, 2.75) is 6.92 Å². The first-order valence-corrected chi connectivity index (χ1v) is 7.17. The molecule has 2 heterocycles. The van der Waals surface area contributed by atoms with Crippen LogP contribution in [0.25, 0.3) is 0 Å². The maximum Gasteiger partial charge on any atom is 0.270 e. The predicted octanol–water partition coefficient (Wildman–Crippen LogP) is -0.0870. The molecule has 0 aromatic carbocycles. The molecule has 1 aliphatic heterocycles. The molecule has 0 spiro atoms. The summed E-state index contributed by atoms with van der Waals surface area (Å²) in [6.45, 7) is 6.12. The predicted molar refractivity (Wildman–Crippen MR) is 80.7 cm³/mol. The lowest BCUT2D eigenvalue weighted by Crippen LogP contribution is -2.38. The lowest BCUT2D eigenvalue weighted by Gasteiger charge is -2.27. The van der Waals surface area contributed by atoms with E-state index in [0.717, 1.165) is 25.3 Å². The molecule has 0 saturated carbocycles. The molecule has 0 bridgehead atoms. The minimum Gasteiger partial charge on any atom is -0.378 e. The lowest BCUT2D eigenvalue weighted by molar-refractivity contribution is 0.0945. The zero-order valence-corrected chi connectivity index (χ0v) is 12.9. The molecule has 0 atom stereocenters. The van der Waals surface area contributed by atoms with Crippen LogP contribution in [0.15, 0.2) is 6.07 Å². The first-order valence-electron chi connectivity index (χ1n) is 7.17. The lowest BCUT2D eigenvalue weighted by atomic mass is 10.3. The Morgan fingerprint density at radius 3 is 2.76 bits per heavy atom. The van der Waals surface area contributed by atoms with E-state index in [9.17, 15) is 4.79 Å². The second-order valence-corrected chi connectivity index (χ2v) is 5.35. The molecule has 1 aromatic heterocycles. The number of aromatic nitrogens is 2. The van der Waals surface area contributed by atoms with Gasteiger partial charge in [0.2, 0.25) is 5.95 Å². The van der Waals surface area contributed by atoms with E-state index in [-0.39, 0.29) is 5.91 Å². The molecule has 7 nitrogen and oxygen atoms in total. The number of morpholine rings is 1. The van der Waals surface area contributed by atoms with Crippen molar-refractivity contribution in [2.24, 2.45) is 0 Å². The van der Waals surface area contributed by atoms with E-state index < -0.39 is 0 Å². The summed E-state index contributed by atoms with van der Waals surface area (Å²) in [5, 5.41) is 2.87. The fourth-order valence-electron chi connectivity index (χ4n) is 2.06. The van der Waals surface area contributed by atoms with Gasteiger partial charge < -0.3 is 19.9 Å². The van der Waals surface area contributed by atoms with Crippen LogP contribution in [-0.4, -0.2) is 74.3 Å². The smallest absolute Gasteiger partial charge is 0.270 e. The van der Waals surface area contributed by atoms with Gasteiger partial charge in [0.15, 0.2) is 0 Å². The van der Waals surface area contributed by atoms with Crippen LogP contribution in [0.4, 0.5) is 5.95 Å². The van der Waals surface area contributed by atoms with Crippen molar-refractivity contribution in [1.29, 1.82) is 0 Å². The van der Waals surface area contributed by atoms with Crippen LogP contribution in [0.2, 0.25) is 0 Å². The summed E-state index contributed by atoms with van der Waals surface area (Å²) in [4.78, 5) is 25.0. The van der Waals surface area contributed by atoms with Crippen LogP contribution in [0.3, 0.4) is 0 Å². The molecule has 7 heteroatoms. The zero-order valence-electron chi connectivity index (χ0n) is 12.9. The SMILES string of the molecule is Cc1cc(C(=O)NCCN(C)C)nc(N2CCOCC2)n1. The number of ether oxygens (including phenoxy) is 1. The van der Waals surface area contributed by atoms with Crippen molar-refractivity contribution in [3.8, 4) is 0 Å². The van der Waals surface area contributed by atoms with Crippen LogP contribution in [0, 0.1) is 6.92 Å². The van der Waals surface area contributed by atoms with Gasteiger partial charge in [-0.05, 0) is 27.1 Å². The molecule has 1 aromatic rings. The molecular weight excluding hydrogens is 270 g/mol. The van der Waals surface area contributed by atoms with Gasteiger partial charge in [-0.3, -0.25) is 4.79 Å². The Kier molecular flexibility index (Phi) is 5.46. The number of nitrogens with zero attached hydrogens (tertiary/aromatic N) is 4. The Hall–Kier alpha value is -1.73. The molecule has 2 rings (SSSR count). The molecule has 1 fully saturated rings. The van der Waals surface area contributed by atoms with Crippen LogP contribution < -0.4 is 10.2 Å². The van der Waals surface area contributed by atoms with Crippen LogP contribution in [0.5, 0.6) is 0 Å². The molecule has 1 N–H and O–H groups in total. The third-order valence-corrected chi connectivity index (χ3v) is 3.21. The number of aryl methyl sites for hydroxylation is 1. The van der Waals surface area contributed by atoms with E-state index in [1.165, 1.54) is 0 Å². The summed E-state index contributed by atoms with van der Waals surface area (Å²) in [7, 11) is 3.94. The van der Waals surface area contributed by atoms with Crippen molar-refractivity contribution >= 4 is 11.9 Å². The second-order valence-electron chi connectivity index (χ2n) is 5.35. The Balaban J connectivity index is 2.05. The largest absolute Gasteiger partial charge is 0.378 e. The normalized spacial score (nSPS) is 15.3. The third-order valence-electron chi connectivity index (χ3n) is 3.21. The molecule has 0 radical (unpaired) electrons. The maximum absolute atomic E-state index is 12.2. The Morgan fingerprint density at radius 1 is 1.38 bits per heavy atom. The van der Waals surface area contributed by atoms with Gasteiger partial charge in [0.05, 0.1) is 13.2 Å². The molecular formula is C14H23N5O2. The number of carbonyl (C=O) groups is 1. The summed E-state index contributed by atoms with van der Waals surface area (Å²) >= 11 is 0. The van der Waals surface area contributed by atoms with E-state index in [1.54, 1.807) is 6.07 Å². The Morgan fingerprint density at radius 2 is 2.10 bits per heavy atom. The highest BCUT2D eigenvalue weighted by Crippen LogP contribution is 2.12. The number of likely N-dealkylation sites (N-methyl/N-ethyl adjacent to an activating group) is 1. The van der Waals surface area contributed by atoms with Gasteiger partial charge in [0, 0.05) is 31.9 Å². The minimum atomic E-state index is -0.156. The fourth-order valence-corrected chi connectivity index (χ4v) is 2.06. The first-order chi connectivity index (χ1) is 10.1. The highest BCUT2D eigenvalue weighted by atomic mass is 16.5. The van der Waals surface area contributed by atoms with Crippen molar-refractivity contribution in [3.05, 3.63) is 17.5 Å². The summed E-state index contributed by atoms with van der Waals surface area (Å²) < 4.78 is 5.32. The van der Waals surface area contributed by atoms with Gasteiger partial charge in [-0.25, -0.2) is 9.97 Å². The number of rotatable bonds is 5. The van der Waals surface area contributed by atoms with Gasteiger partial charge >= 0.3 is 0 Å². The van der Waals surface area contributed by atoms with E-state index >= 15 is 0 Å². The van der Waals surface area contributed by atoms with Gasteiger partial charge in [-0.1, -0.05) is 0 Å². The molecule has 1 aliphatic rings. The minimum absolute atomic E-state index is 0.156. The second kappa shape index (κ2) is 7.33. The van der Waals surface area contributed by atoms with Crippen LogP contribution >= 0.6 is 0 Å². The van der Waals surface area contributed by atoms with E-state index in [4.69, 9.17) is 4.74 Å². The summed E-state index contributed by atoms with van der Waals surface area (Å²) in [5.41, 5.74) is 1.21. The molecule has 0 unspecified atom stereocenters. The monoisotopic (exact) mass is 293 g/mol. The molecule has 1 saturated heterocycles. The van der Waals surface area contributed by atoms with E-state index in [0.29, 0.717) is 31.4 Å². The zero-order chi connectivity index (χ0) is 15.2. The number of hydrogen-bond acceptors (Lipinski definition) is 6. The fraction of sp³-hybridized carbons (Fsp3) is 0.643. The van der Waals surface area contributed by atoms with Gasteiger partial charge in [0.1, 0.15) is 5.69 Å². The topological polar surface area (TPSA) is 70.6 Å². The Labute approximate surface area is 125 Å². The molecule has 1 amide bonds. The van der Waals surface area contributed by atoms with Crippen molar-refractivity contribution < 1.29 is 9.53 Å².